The summed E-state index contributed by atoms with van der Waals surface area (Å²) in [6.45, 7) is 0. The lowest BCUT2D eigenvalue weighted by atomic mass is 10.1. The van der Waals surface area contributed by atoms with Gasteiger partial charge < -0.3 is 9.15 Å². The van der Waals surface area contributed by atoms with Gasteiger partial charge in [-0.3, -0.25) is 4.72 Å². The maximum atomic E-state index is 13.2. The van der Waals surface area contributed by atoms with Crippen LogP contribution in [0.4, 0.5) is 9.52 Å². The van der Waals surface area contributed by atoms with Gasteiger partial charge in [-0.25, -0.2) is 23.4 Å². The van der Waals surface area contributed by atoms with Crippen molar-refractivity contribution >= 4 is 26.5 Å². The molecule has 0 amide bonds. The van der Waals surface area contributed by atoms with E-state index in [9.17, 15) is 18.1 Å². The largest absolute Gasteiger partial charge is 0.472 e. The van der Waals surface area contributed by atoms with E-state index in [1.807, 2.05) is 6.07 Å². The second kappa shape index (κ2) is 9.57. The lowest BCUT2D eigenvalue weighted by Crippen LogP contribution is -2.13. The fourth-order valence-electron chi connectivity index (χ4n) is 3.24. The molecule has 4 aromatic heterocycles. The van der Waals surface area contributed by atoms with E-state index in [1.54, 1.807) is 29.6 Å². The molecule has 0 aliphatic rings. The topological polar surface area (TPSA) is 131 Å². The van der Waals surface area contributed by atoms with Crippen molar-refractivity contribution in [1.82, 2.24) is 15.0 Å². The fraction of sp³-hybridized carbons (Fsp3) is 0. The third-order valence-electron chi connectivity index (χ3n) is 4.93. The van der Waals surface area contributed by atoms with Crippen molar-refractivity contribution in [2.24, 2.45) is 0 Å². The van der Waals surface area contributed by atoms with Crippen molar-refractivity contribution in [2.75, 3.05) is 4.72 Å². The number of furan rings is 1. The second-order valence-electron chi connectivity index (χ2n) is 7.24. The number of aromatic nitrogens is 3. The van der Waals surface area contributed by atoms with Gasteiger partial charge in [0.15, 0.2) is 10.9 Å². The first kappa shape index (κ1) is 23.2. The van der Waals surface area contributed by atoms with Crippen LogP contribution in [0, 0.1) is 17.3 Å². The minimum Gasteiger partial charge on any atom is -0.472 e. The first-order valence-electron chi connectivity index (χ1n) is 10.2. The predicted molar refractivity (Wildman–Crippen MR) is 129 cm³/mol. The maximum absolute atomic E-state index is 13.2. The molecule has 1 aromatic carbocycles. The van der Waals surface area contributed by atoms with Crippen LogP contribution in [-0.4, -0.2) is 23.4 Å². The van der Waals surface area contributed by atoms with Crippen molar-refractivity contribution in [2.45, 2.75) is 4.90 Å². The number of thiazole rings is 1. The average Bonchev–Trinajstić information content (AvgIpc) is 3.59. The van der Waals surface area contributed by atoms with Crippen LogP contribution in [0.5, 0.6) is 11.5 Å². The smallest absolute Gasteiger partial charge is 0.263 e. The molecule has 0 atom stereocenters. The average molecular weight is 520 g/mol. The summed E-state index contributed by atoms with van der Waals surface area (Å²) in [7, 11) is -3.95. The number of halogens is 1. The number of nitriles is 1. The molecule has 0 unspecified atom stereocenters. The fourth-order valence-corrected chi connectivity index (χ4v) is 5.06. The molecule has 4 heterocycles. The number of rotatable bonds is 7. The molecule has 0 aliphatic carbocycles. The van der Waals surface area contributed by atoms with Crippen molar-refractivity contribution in [1.29, 1.82) is 5.26 Å². The highest BCUT2D eigenvalue weighted by Gasteiger charge is 2.20. The zero-order valence-electron chi connectivity index (χ0n) is 18.1. The van der Waals surface area contributed by atoms with Gasteiger partial charge >= 0.3 is 0 Å². The number of benzene rings is 1. The summed E-state index contributed by atoms with van der Waals surface area (Å²) in [4.78, 5) is 12.1. The van der Waals surface area contributed by atoms with E-state index in [0.29, 0.717) is 28.3 Å². The number of pyridine rings is 2. The first-order valence-corrected chi connectivity index (χ1v) is 12.6. The van der Waals surface area contributed by atoms with Gasteiger partial charge in [-0.1, -0.05) is 0 Å². The Morgan fingerprint density at radius 1 is 1.06 bits per heavy atom. The lowest BCUT2D eigenvalue weighted by molar-refractivity contribution is 0.480. The number of ether oxygens (including phenoxy) is 1. The van der Waals surface area contributed by atoms with Crippen LogP contribution in [0.15, 0.2) is 88.1 Å². The Kier molecular flexibility index (Phi) is 6.16. The Bertz CT molecular complexity index is 1670. The van der Waals surface area contributed by atoms with Gasteiger partial charge in [-0.15, -0.1) is 11.3 Å². The second-order valence-corrected chi connectivity index (χ2v) is 9.82. The Balaban J connectivity index is 1.50. The number of hydrogen-bond acceptors (Lipinski definition) is 9. The molecule has 0 spiro atoms. The van der Waals surface area contributed by atoms with Gasteiger partial charge in [0.2, 0.25) is 5.95 Å². The summed E-state index contributed by atoms with van der Waals surface area (Å²) >= 11 is 1.13. The van der Waals surface area contributed by atoms with Crippen LogP contribution in [0.3, 0.4) is 0 Å². The molecule has 9 nitrogen and oxygen atoms in total. The highest BCUT2D eigenvalue weighted by molar-refractivity contribution is 7.93. The van der Waals surface area contributed by atoms with E-state index >= 15 is 0 Å². The summed E-state index contributed by atoms with van der Waals surface area (Å²) in [6, 6.07) is 13.7. The molecule has 36 heavy (non-hydrogen) atoms. The minimum atomic E-state index is -3.95. The molecule has 178 valence electrons. The zero-order valence-corrected chi connectivity index (χ0v) is 19.8. The Morgan fingerprint density at radius 3 is 2.61 bits per heavy atom. The predicted octanol–water partition coefficient (Wildman–Crippen LogP) is 5.46. The summed E-state index contributed by atoms with van der Waals surface area (Å²) in [5, 5.41) is 11.5. The van der Waals surface area contributed by atoms with Gasteiger partial charge in [0, 0.05) is 28.9 Å². The van der Waals surface area contributed by atoms with E-state index < -0.39 is 16.0 Å². The third kappa shape index (κ3) is 4.78. The monoisotopic (exact) mass is 519 g/mol. The Morgan fingerprint density at radius 2 is 1.92 bits per heavy atom. The van der Waals surface area contributed by atoms with E-state index in [-0.39, 0.29) is 21.3 Å². The molecule has 0 fully saturated rings. The third-order valence-corrected chi connectivity index (χ3v) is 7.09. The van der Waals surface area contributed by atoms with Gasteiger partial charge in [0.25, 0.3) is 10.0 Å². The standard InChI is InChI=1S/C24H14FN5O4S2/c25-22-6-1-15(13-28-22)19-3-5-21(23(29-19)16-7-9-33-14-16)34-20-4-2-18(11-17(20)12-26)36(31,32)30-24-27-8-10-35-24/h1-11,13-14H,(H,27,30). The van der Waals surface area contributed by atoms with Gasteiger partial charge in [0.1, 0.15) is 17.5 Å². The number of hydrogen-bond donors (Lipinski definition) is 1. The summed E-state index contributed by atoms with van der Waals surface area (Å²) in [5.74, 6) is -0.179. The molecular weight excluding hydrogens is 505 g/mol. The van der Waals surface area contributed by atoms with Gasteiger partial charge in [-0.2, -0.15) is 9.65 Å². The summed E-state index contributed by atoms with van der Waals surface area (Å²) in [5.41, 5.74) is 2.11. The van der Waals surface area contributed by atoms with Crippen LogP contribution < -0.4 is 9.46 Å². The Hall–Kier alpha value is -4.60. The molecular formula is C24H14FN5O4S2. The van der Waals surface area contributed by atoms with Crippen LogP contribution >= 0.6 is 11.3 Å². The molecule has 1 N–H and O–H groups in total. The summed E-state index contributed by atoms with van der Waals surface area (Å²) in [6.07, 6.45) is 5.80. The number of nitrogens with zero attached hydrogens (tertiary/aromatic N) is 4. The number of sulfonamides is 1. The van der Waals surface area contributed by atoms with E-state index in [1.165, 1.54) is 49.2 Å². The number of nitrogens with one attached hydrogen (secondary N) is 1. The first-order chi connectivity index (χ1) is 17.4. The van der Waals surface area contributed by atoms with Gasteiger partial charge in [-0.05, 0) is 48.5 Å². The molecule has 0 saturated heterocycles. The molecule has 12 heteroatoms. The van der Waals surface area contributed by atoms with E-state index in [4.69, 9.17) is 9.15 Å². The quantitative estimate of drug-likeness (QED) is 0.280. The zero-order chi connectivity index (χ0) is 25.1. The molecule has 5 rings (SSSR count). The molecule has 0 aliphatic heterocycles. The minimum absolute atomic E-state index is 0.00182. The van der Waals surface area contributed by atoms with Crippen LogP contribution in [0.2, 0.25) is 0 Å². The highest BCUT2D eigenvalue weighted by Crippen LogP contribution is 2.36. The van der Waals surface area contributed by atoms with Crippen LogP contribution in [0.1, 0.15) is 5.56 Å². The molecule has 0 bridgehead atoms. The highest BCUT2D eigenvalue weighted by atomic mass is 32.2. The molecule has 5 aromatic rings. The summed E-state index contributed by atoms with van der Waals surface area (Å²) < 4.78 is 52.2. The SMILES string of the molecule is N#Cc1cc(S(=O)(=O)Nc2nccs2)ccc1Oc1ccc(-c2ccc(F)nc2)nc1-c1ccoc1. The number of anilines is 1. The van der Waals surface area contributed by atoms with E-state index in [0.717, 1.165) is 11.3 Å². The lowest BCUT2D eigenvalue weighted by Gasteiger charge is -2.13. The maximum Gasteiger partial charge on any atom is 0.263 e. The van der Waals surface area contributed by atoms with Gasteiger partial charge in [0.05, 0.1) is 28.7 Å². The normalized spacial score (nSPS) is 11.1. The molecule has 0 radical (unpaired) electrons. The van der Waals surface area contributed by atoms with Crippen molar-refractivity contribution in [3.63, 3.8) is 0 Å². The van der Waals surface area contributed by atoms with Crippen LogP contribution in [0.25, 0.3) is 22.5 Å². The van der Waals surface area contributed by atoms with Crippen molar-refractivity contribution < 1.29 is 22.0 Å². The van der Waals surface area contributed by atoms with Crippen molar-refractivity contribution in [3.8, 4) is 40.1 Å². The molecule has 0 saturated carbocycles. The Labute approximate surface area is 208 Å². The van der Waals surface area contributed by atoms with Crippen LogP contribution in [-0.2, 0) is 10.0 Å². The van der Waals surface area contributed by atoms with E-state index in [2.05, 4.69) is 19.7 Å². The van der Waals surface area contributed by atoms with Crippen molar-refractivity contribution in [3.05, 3.63) is 90.3 Å².